The molecule has 0 fully saturated rings. The van der Waals surface area contributed by atoms with Crippen molar-refractivity contribution >= 4 is 20.9 Å². The van der Waals surface area contributed by atoms with Gasteiger partial charge in [0.1, 0.15) is 0 Å². The maximum Gasteiger partial charge on any atom is 0.310 e. The quantitative estimate of drug-likeness (QED) is 0.172. The molecule has 0 aromatic heterocycles. The van der Waals surface area contributed by atoms with Gasteiger partial charge in [0.15, 0.2) is 5.78 Å². The predicted molar refractivity (Wildman–Crippen MR) is 137 cm³/mol. The molecule has 0 radical (unpaired) electrons. The maximum atomic E-state index is 13.7. The van der Waals surface area contributed by atoms with Gasteiger partial charge in [0.2, 0.25) is 0 Å². The first kappa shape index (κ1) is 30.5. The molecule has 1 aromatic carbocycles. The Bertz CT molecular complexity index is 705. The summed E-state index contributed by atoms with van der Waals surface area (Å²) in [7, 11) is 1.17. The second-order valence-corrected chi connectivity index (χ2v) is 9.81. The molecule has 0 bridgehead atoms. The van der Waals surface area contributed by atoms with E-state index in [0.717, 1.165) is 36.0 Å². The summed E-state index contributed by atoms with van der Waals surface area (Å²) in [6.45, 7) is 13.9. The third-order valence-corrected chi connectivity index (χ3v) is 6.60. The Kier molecular flexibility index (Phi) is 14.6. The molecule has 182 valence electrons. The van der Waals surface area contributed by atoms with E-state index in [2.05, 4.69) is 6.92 Å². The van der Waals surface area contributed by atoms with Crippen LogP contribution in [0.3, 0.4) is 0 Å². The number of aryl methyl sites for hydroxylation is 3. The van der Waals surface area contributed by atoms with Crippen LogP contribution >= 0.6 is 9.12 Å². The first-order chi connectivity index (χ1) is 15.1. The molecule has 1 N–H and O–H groups in total. The van der Waals surface area contributed by atoms with Crippen LogP contribution in [0.2, 0.25) is 0 Å². The van der Waals surface area contributed by atoms with Gasteiger partial charge in [-0.3, -0.25) is 9.59 Å². The number of Topliss-reactive ketones (excluding diaryl/α,β-unsaturated/α-hetero) is 1. The highest BCUT2D eigenvalue weighted by atomic mass is 31.0. The zero-order valence-electron chi connectivity index (χ0n) is 21.4. The molecule has 0 aliphatic carbocycles. The molecule has 0 aliphatic heterocycles. The zero-order valence-corrected chi connectivity index (χ0v) is 22.6. The third kappa shape index (κ3) is 8.77. The number of unbranched alkanes of at least 4 members (excludes halogenated alkanes) is 7. The molecule has 3 unspecified atom stereocenters. The second kappa shape index (κ2) is 15.3. The van der Waals surface area contributed by atoms with Crippen molar-refractivity contribution in [2.75, 3.05) is 0 Å². The normalized spacial score (nSPS) is 13.8. The number of ketones is 1. The largest absolute Gasteiger partial charge is 0.481 e. The van der Waals surface area contributed by atoms with Gasteiger partial charge in [-0.1, -0.05) is 94.4 Å². The number of carbonyl (C=O) groups is 2. The third-order valence-electron chi connectivity index (χ3n) is 6.60. The average Bonchev–Trinajstić information content (AvgIpc) is 2.70. The van der Waals surface area contributed by atoms with Crippen molar-refractivity contribution in [3.8, 4) is 0 Å². The molecule has 1 aromatic rings. The molecule has 32 heavy (non-hydrogen) atoms. The van der Waals surface area contributed by atoms with Gasteiger partial charge in [-0.05, 0) is 51.2 Å². The number of hydrogen-bond donors (Lipinski definition) is 1. The van der Waals surface area contributed by atoms with Crippen molar-refractivity contribution in [1.82, 2.24) is 0 Å². The molecule has 5 heteroatoms. The summed E-state index contributed by atoms with van der Waals surface area (Å²) in [6, 6.07) is 4.04. The fourth-order valence-corrected chi connectivity index (χ4v) is 5.07. The summed E-state index contributed by atoms with van der Waals surface area (Å²) in [4.78, 5) is 26.1. The monoisotopic (exact) mass is 465 g/mol. The van der Waals surface area contributed by atoms with E-state index in [1.54, 1.807) is 6.92 Å². The minimum absolute atomic E-state index is 0.00975. The second-order valence-electron chi connectivity index (χ2n) is 9.81. The molecule has 0 spiro atoms. The van der Waals surface area contributed by atoms with E-state index >= 15 is 0 Å². The van der Waals surface area contributed by atoms with Crippen molar-refractivity contribution < 1.29 is 19.3 Å². The van der Waals surface area contributed by atoms with Crippen molar-refractivity contribution in [2.45, 2.75) is 106 Å². The first-order valence-corrected chi connectivity index (χ1v) is 12.6. The van der Waals surface area contributed by atoms with Crippen LogP contribution in [0.25, 0.3) is 0 Å². The smallest absolute Gasteiger partial charge is 0.310 e. The van der Waals surface area contributed by atoms with Gasteiger partial charge in [-0.2, -0.15) is 0 Å². The minimum atomic E-state index is -1.04. The van der Waals surface area contributed by atoms with Crippen LogP contribution in [0.5, 0.6) is 0 Å². The maximum absolute atomic E-state index is 13.7. The fraction of sp³-hybridized carbons (Fsp3) is 0.704. The van der Waals surface area contributed by atoms with Crippen LogP contribution in [0.4, 0.5) is 0 Å². The summed E-state index contributed by atoms with van der Waals surface area (Å²) in [6.07, 6.45) is 9.93. The molecule has 0 saturated heterocycles. The Labute approximate surface area is 198 Å². The molecular weight excluding hydrogens is 419 g/mol. The fourth-order valence-electron chi connectivity index (χ4n) is 5.07. The van der Waals surface area contributed by atoms with Gasteiger partial charge < -0.3 is 5.11 Å². The van der Waals surface area contributed by atoms with Crippen LogP contribution in [0, 0.1) is 38.0 Å². The van der Waals surface area contributed by atoms with Crippen LogP contribution in [-0.4, -0.2) is 16.9 Å². The van der Waals surface area contributed by atoms with Crippen molar-refractivity contribution in [3.05, 3.63) is 34.4 Å². The number of carbonyl (C=O) groups excluding carboxylic acids is 1. The lowest BCUT2D eigenvalue weighted by Crippen LogP contribution is -2.43. The summed E-state index contributed by atoms with van der Waals surface area (Å²) in [5.41, 5.74) is 2.69. The minimum Gasteiger partial charge on any atom is -0.481 e. The molecule has 0 amide bonds. The Morgan fingerprint density at radius 1 is 0.906 bits per heavy atom. The Morgan fingerprint density at radius 2 is 1.34 bits per heavy atom. The Balaban J connectivity index is 0.00000466. The van der Waals surface area contributed by atoms with E-state index in [-0.39, 0.29) is 11.7 Å². The van der Waals surface area contributed by atoms with Crippen LogP contribution in [0.15, 0.2) is 12.1 Å². The van der Waals surface area contributed by atoms with Gasteiger partial charge in [0.25, 0.3) is 0 Å². The van der Waals surface area contributed by atoms with Gasteiger partial charge in [-0.25, -0.2) is 0 Å². The summed E-state index contributed by atoms with van der Waals surface area (Å²) in [5, 5.41) is 10.2. The standard InChI is InChI=1S/C27H44O3.H2OP/c1-8-9-10-11-12-13-14-15-16-27(7,26(29)30)24(19(2)3)25(28)23-21(5)17-20(4)18-22(23)6;1-2/h17-19,24H,8-16H2,1-7H3,(H,29,30);2H2/q;+1. The average molecular weight is 466 g/mol. The van der Waals surface area contributed by atoms with E-state index in [1.807, 2.05) is 46.8 Å². The lowest BCUT2D eigenvalue weighted by Gasteiger charge is -2.36. The topological polar surface area (TPSA) is 71.4 Å². The molecule has 1 rings (SSSR count). The highest BCUT2D eigenvalue weighted by Crippen LogP contribution is 2.41. The van der Waals surface area contributed by atoms with Gasteiger partial charge in [-0.15, -0.1) is 0 Å². The first-order valence-electron chi connectivity index (χ1n) is 12.1. The van der Waals surface area contributed by atoms with Crippen LogP contribution < -0.4 is 0 Å². The molecule has 0 saturated carbocycles. The number of benzene rings is 1. The Hall–Kier alpha value is -1.54. The highest BCUT2D eigenvalue weighted by molar-refractivity contribution is 7.00. The van der Waals surface area contributed by atoms with Gasteiger partial charge >= 0.3 is 15.1 Å². The molecule has 0 aliphatic rings. The van der Waals surface area contributed by atoms with E-state index in [0.29, 0.717) is 12.0 Å². The number of hydrogen-bond acceptors (Lipinski definition) is 3. The van der Waals surface area contributed by atoms with Gasteiger partial charge in [0.05, 0.1) is 5.41 Å². The number of aliphatic carboxylic acids is 1. The van der Waals surface area contributed by atoms with E-state index < -0.39 is 17.3 Å². The molecule has 0 heterocycles. The number of carboxylic acid groups (broad SMARTS) is 1. The van der Waals surface area contributed by atoms with Crippen molar-refractivity contribution in [2.24, 2.45) is 17.3 Å². The molecule has 3 atom stereocenters. The van der Waals surface area contributed by atoms with Crippen LogP contribution in [-0.2, 0) is 9.36 Å². The molecular formula is C27H46O4P+. The number of rotatable bonds is 14. The lowest BCUT2D eigenvalue weighted by atomic mass is 9.65. The number of carboxylic acids is 1. The predicted octanol–water partition coefficient (Wildman–Crippen LogP) is 7.90. The zero-order chi connectivity index (χ0) is 24.9. The lowest BCUT2D eigenvalue weighted by molar-refractivity contribution is -0.152. The van der Waals surface area contributed by atoms with E-state index in [9.17, 15) is 14.7 Å². The van der Waals surface area contributed by atoms with E-state index in [1.165, 1.54) is 41.2 Å². The van der Waals surface area contributed by atoms with Crippen LogP contribution in [0.1, 0.15) is 113 Å². The summed E-state index contributed by atoms with van der Waals surface area (Å²) >= 11 is 0. The van der Waals surface area contributed by atoms with E-state index in [4.69, 9.17) is 4.57 Å². The van der Waals surface area contributed by atoms with Crippen molar-refractivity contribution in [3.63, 3.8) is 0 Å². The summed E-state index contributed by atoms with van der Waals surface area (Å²) in [5.74, 6) is -1.42. The SMILES string of the molecule is CCCCCCCCCCC(C)(C(=O)O)C(C(=O)c1c(C)cc(C)cc1C)C(C)C.O=[PH2+]. The molecule has 4 nitrogen and oxygen atoms in total. The summed E-state index contributed by atoms with van der Waals surface area (Å²) < 4.78 is 8.17. The highest BCUT2D eigenvalue weighted by Gasteiger charge is 2.47. The van der Waals surface area contributed by atoms with Crippen molar-refractivity contribution in [1.29, 1.82) is 0 Å². The van der Waals surface area contributed by atoms with Gasteiger partial charge in [0, 0.05) is 11.5 Å². The Morgan fingerprint density at radius 3 is 1.75 bits per heavy atom.